The summed E-state index contributed by atoms with van der Waals surface area (Å²) in [5, 5.41) is 16.8. The number of aromatic nitrogens is 2. The molecule has 1 aliphatic rings. The first kappa shape index (κ1) is 12.9. The van der Waals surface area contributed by atoms with Crippen LogP contribution in [0.4, 0.5) is 5.82 Å². The Balaban J connectivity index is 2.20. The number of carboxylic acids is 1. The highest BCUT2D eigenvalue weighted by atomic mass is 16.4. The highest BCUT2D eigenvalue weighted by molar-refractivity contribution is 5.94. The van der Waals surface area contributed by atoms with Crippen molar-refractivity contribution in [1.82, 2.24) is 9.78 Å². The minimum Gasteiger partial charge on any atom is -0.477 e. The molecule has 5 nitrogen and oxygen atoms in total. The van der Waals surface area contributed by atoms with Crippen LogP contribution in [0.3, 0.4) is 0 Å². The van der Waals surface area contributed by atoms with E-state index >= 15 is 0 Å². The van der Waals surface area contributed by atoms with Crippen molar-refractivity contribution in [2.45, 2.75) is 45.6 Å². The SMILES string of the molecule is Cc1nn(C)c(NC2CCCC(C)C2)c1C(=O)O. The number of hydrogen-bond donors (Lipinski definition) is 2. The molecule has 1 heterocycles. The van der Waals surface area contributed by atoms with Crippen LogP contribution in [0.5, 0.6) is 0 Å². The number of nitrogens with zero attached hydrogens (tertiary/aromatic N) is 2. The second-order valence-electron chi connectivity index (χ2n) is 5.35. The van der Waals surface area contributed by atoms with Crippen LogP contribution in [0.15, 0.2) is 0 Å². The van der Waals surface area contributed by atoms with Crippen LogP contribution in [-0.2, 0) is 7.05 Å². The van der Waals surface area contributed by atoms with Gasteiger partial charge in [0.05, 0.1) is 5.69 Å². The molecule has 0 bridgehead atoms. The third-order valence-electron chi connectivity index (χ3n) is 3.71. The van der Waals surface area contributed by atoms with E-state index in [4.69, 9.17) is 0 Å². The summed E-state index contributed by atoms with van der Waals surface area (Å²) >= 11 is 0. The van der Waals surface area contributed by atoms with Gasteiger partial charge in [-0.1, -0.05) is 19.8 Å². The fraction of sp³-hybridized carbons (Fsp3) is 0.692. The van der Waals surface area contributed by atoms with Crippen LogP contribution in [0.1, 0.15) is 48.7 Å². The van der Waals surface area contributed by atoms with Crippen LogP contribution in [-0.4, -0.2) is 26.9 Å². The molecule has 2 rings (SSSR count). The molecule has 2 unspecified atom stereocenters. The average Bonchev–Trinajstić information content (AvgIpc) is 2.53. The average molecular weight is 251 g/mol. The Kier molecular flexibility index (Phi) is 3.59. The first-order chi connectivity index (χ1) is 8.49. The van der Waals surface area contributed by atoms with Gasteiger partial charge in [-0.25, -0.2) is 4.79 Å². The number of rotatable bonds is 3. The smallest absolute Gasteiger partial charge is 0.341 e. The predicted molar refractivity (Wildman–Crippen MR) is 69.9 cm³/mol. The molecule has 1 fully saturated rings. The number of carbonyl (C=O) groups is 1. The summed E-state index contributed by atoms with van der Waals surface area (Å²) in [6.45, 7) is 3.98. The monoisotopic (exact) mass is 251 g/mol. The van der Waals surface area contributed by atoms with Gasteiger partial charge in [-0.2, -0.15) is 5.10 Å². The lowest BCUT2D eigenvalue weighted by atomic mass is 9.87. The molecule has 0 aliphatic heterocycles. The van der Waals surface area contributed by atoms with Crippen molar-refractivity contribution in [2.75, 3.05) is 5.32 Å². The van der Waals surface area contributed by atoms with E-state index in [0.717, 1.165) is 12.8 Å². The minimum absolute atomic E-state index is 0.302. The molecule has 5 heteroatoms. The summed E-state index contributed by atoms with van der Waals surface area (Å²) in [7, 11) is 1.79. The first-order valence-corrected chi connectivity index (χ1v) is 6.52. The van der Waals surface area contributed by atoms with E-state index in [1.807, 2.05) is 0 Å². The van der Waals surface area contributed by atoms with Gasteiger partial charge in [-0.15, -0.1) is 0 Å². The Morgan fingerprint density at radius 2 is 2.22 bits per heavy atom. The zero-order valence-corrected chi connectivity index (χ0v) is 11.2. The van der Waals surface area contributed by atoms with Crippen LogP contribution in [0.2, 0.25) is 0 Å². The second kappa shape index (κ2) is 5.00. The van der Waals surface area contributed by atoms with Crippen molar-refractivity contribution < 1.29 is 9.90 Å². The molecule has 0 aromatic carbocycles. The van der Waals surface area contributed by atoms with Gasteiger partial charge in [0.2, 0.25) is 0 Å². The number of aryl methyl sites for hydroxylation is 2. The van der Waals surface area contributed by atoms with Gasteiger partial charge in [0.1, 0.15) is 11.4 Å². The van der Waals surface area contributed by atoms with Crippen molar-refractivity contribution >= 4 is 11.8 Å². The maximum atomic E-state index is 11.3. The summed E-state index contributed by atoms with van der Waals surface area (Å²) in [6.07, 6.45) is 4.68. The molecule has 2 atom stereocenters. The standard InChI is InChI=1S/C13H21N3O2/c1-8-5-4-6-10(7-8)14-12-11(13(17)18)9(2)15-16(12)3/h8,10,14H,4-7H2,1-3H3,(H,17,18). The Hall–Kier alpha value is -1.52. The van der Waals surface area contributed by atoms with Crippen molar-refractivity contribution in [1.29, 1.82) is 0 Å². The van der Waals surface area contributed by atoms with Crippen LogP contribution in [0.25, 0.3) is 0 Å². The van der Waals surface area contributed by atoms with Gasteiger partial charge in [-0.05, 0) is 25.7 Å². The molecular formula is C13H21N3O2. The molecule has 1 aromatic heterocycles. The van der Waals surface area contributed by atoms with Gasteiger partial charge in [0.15, 0.2) is 0 Å². The summed E-state index contributed by atoms with van der Waals surface area (Å²) < 4.78 is 1.64. The lowest BCUT2D eigenvalue weighted by Crippen LogP contribution is -2.28. The van der Waals surface area contributed by atoms with Crippen molar-refractivity contribution in [3.63, 3.8) is 0 Å². The molecule has 0 amide bonds. The van der Waals surface area contributed by atoms with E-state index in [0.29, 0.717) is 29.0 Å². The van der Waals surface area contributed by atoms with E-state index in [2.05, 4.69) is 17.3 Å². The predicted octanol–water partition coefficient (Wildman–Crippen LogP) is 2.42. The van der Waals surface area contributed by atoms with Crippen molar-refractivity contribution in [3.05, 3.63) is 11.3 Å². The largest absolute Gasteiger partial charge is 0.477 e. The van der Waals surface area contributed by atoms with Crippen LogP contribution in [0, 0.1) is 12.8 Å². The van der Waals surface area contributed by atoms with Crippen LogP contribution >= 0.6 is 0 Å². The zero-order chi connectivity index (χ0) is 13.3. The summed E-state index contributed by atoms with van der Waals surface area (Å²) in [6, 6.07) is 0.363. The van der Waals surface area contributed by atoms with E-state index < -0.39 is 5.97 Å². The van der Waals surface area contributed by atoms with E-state index in [9.17, 15) is 9.90 Å². The number of anilines is 1. The van der Waals surface area contributed by atoms with Gasteiger partial charge < -0.3 is 10.4 Å². The first-order valence-electron chi connectivity index (χ1n) is 6.52. The molecule has 100 valence electrons. The Labute approximate surface area is 107 Å². The summed E-state index contributed by atoms with van der Waals surface area (Å²) in [5.41, 5.74) is 0.868. The Bertz CT molecular complexity index is 453. The van der Waals surface area contributed by atoms with Gasteiger partial charge in [0.25, 0.3) is 0 Å². The Morgan fingerprint density at radius 1 is 1.50 bits per heavy atom. The van der Waals surface area contributed by atoms with E-state index in [1.165, 1.54) is 12.8 Å². The van der Waals surface area contributed by atoms with E-state index in [-0.39, 0.29) is 0 Å². The van der Waals surface area contributed by atoms with Crippen LogP contribution < -0.4 is 5.32 Å². The minimum atomic E-state index is -0.910. The summed E-state index contributed by atoms with van der Waals surface area (Å²) in [5.74, 6) is 0.435. The van der Waals surface area contributed by atoms with Gasteiger partial charge >= 0.3 is 5.97 Å². The van der Waals surface area contributed by atoms with Crippen molar-refractivity contribution in [3.8, 4) is 0 Å². The van der Waals surface area contributed by atoms with Crippen molar-refractivity contribution in [2.24, 2.45) is 13.0 Å². The molecule has 0 saturated heterocycles. The molecular weight excluding hydrogens is 230 g/mol. The second-order valence-corrected chi connectivity index (χ2v) is 5.35. The lowest BCUT2D eigenvalue weighted by Gasteiger charge is -2.28. The molecule has 1 aliphatic carbocycles. The third-order valence-corrected chi connectivity index (χ3v) is 3.71. The fourth-order valence-electron chi connectivity index (χ4n) is 2.84. The quantitative estimate of drug-likeness (QED) is 0.865. The van der Waals surface area contributed by atoms with Gasteiger partial charge in [0, 0.05) is 13.1 Å². The fourth-order valence-corrected chi connectivity index (χ4v) is 2.84. The molecule has 0 radical (unpaired) electrons. The number of aromatic carboxylic acids is 1. The van der Waals surface area contributed by atoms with Gasteiger partial charge in [-0.3, -0.25) is 4.68 Å². The van der Waals surface area contributed by atoms with E-state index in [1.54, 1.807) is 18.7 Å². The zero-order valence-electron chi connectivity index (χ0n) is 11.2. The Morgan fingerprint density at radius 3 is 2.83 bits per heavy atom. The maximum Gasteiger partial charge on any atom is 0.341 e. The third kappa shape index (κ3) is 2.49. The molecule has 1 saturated carbocycles. The number of hydrogen-bond acceptors (Lipinski definition) is 3. The highest BCUT2D eigenvalue weighted by Gasteiger charge is 2.24. The number of carboxylic acid groups (broad SMARTS) is 1. The topological polar surface area (TPSA) is 67.2 Å². The highest BCUT2D eigenvalue weighted by Crippen LogP contribution is 2.28. The molecule has 0 spiro atoms. The number of nitrogens with one attached hydrogen (secondary N) is 1. The lowest BCUT2D eigenvalue weighted by molar-refractivity contribution is 0.0697. The molecule has 18 heavy (non-hydrogen) atoms. The molecule has 1 aromatic rings. The molecule has 2 N–H and O–H groups in total. The normalized spacial score (nSPS) is 23.9. The maximum absolute atomic E-state index is 11.3. The summed E-state index contributed by atoms with van der Waals surface area (Å²) in [4.78, 5) is 11.3.